The number of alkyl halides is 3. The summed E-state index contributed by atoms with van der Waals surface area (Å²) in [6.07, 6.45) is 0. The molecule has 0 spiro atoms. The van der Waals surface area contributed by atoms with Crippen LogP contribution in [0.4, 0.5) is 0 Å². The molecule has 13 heavy (non-hydrogen) atoms. The normalized spacial score (nSPS) is 11.4. The number of hydrogen-bond donors (Lipinski definition) is 0. The van der Waals surface area contributed by atoms with E-state index in [2.05, 4.69) is 59.9 Å². The van der Waals surface area contributed by atoms with Crippen LogP contribution in [0.3, 0.4) is 0 Å². The summed E-state index contributed by atoms with van der Waals surface area (Å²) in [5.74, 6) is 0.892. The molecular weight excluding hydrogens is 432 g/mol. The molecule has 5 heteroatoms. The Hall–Kier alpha value is 0.979. The molecule has 1 aromatic carbocycles. The summed E-state index contributed by atoms with van der Waals surface area (Å²) in [6, 6.07) is 8.07. The molecule has 0 atom stereocenters. The number of rotatable bonds is 2. The maximum atomic E-state index is 5.07. The summed E-state index contributed by atoms with van der Waals surface area (Å²) in [4.78, 5) is 0. The van der Waals surface area contributed by atoms with Gasteiger partial charge in [0, 0.05) is 0 Å². The third-order valence-electron chi connectivity index (χ3n) is 1.29. The Morgan fingerprint density at radius 2 is 1.69 bits per heavy atom. The van der Waals surface area contributed by atoms with Crippen LogP contribution < -0.4 is 9.20 Å². The van der Waals surface area contributed by atoms with Crippen LogP contribution in [0.15, 0.2) is 24.3 Å². The van der Waals surface area contributed by atoms with Gasteiger partial charge in [-0.1, -0.05) is 0 Å². The Kier molecular flexibility index (Phi) is 4.79. The van der Waals surface area contributed by atoms with E-state index in [0.29, 0.717) is 15.0 Å². The Bertz CT molecular complexity index is 268. The van der Waals surface area contributed by atoms with Crippen LogP contribution in [0.25, 0.3) is 0 Å². The number of benzene rings is 1. The standard InChI is InChI=1S/C8H7Br3OSe/c1-12-6-2-4-7(5-3-6)13-8(9,10)11/h2-5H,1H3/i8+1. The Balaban J connectivity index is 2.70. The molecule has 0 N–H and O–H groups in total. The van der Waals surface area contributed by atoms with Gasteiger partial charge in [0.25, 0.3) is 0 Å². The van der Waals surface area contributed by atoms with E-state index in [4.69, 9.17) is 4.74 Å². The predicted molar refractivity (Wildman–Crippen MR) is 67.9 cm³/mol. The molecule has 0 aromatic heterocycles. The third-order valence-corrected chi connectivity index (χ3v) is 5.37. The van der Waals surface area contributed by atoms with Crippen molar-refractivity contribution < 1.29 is 4.74 Å². The molecule has 1 aromatic rings. The van der Waals surface area contributed by atoms with E-state index in [1.165, 1.54) is 4.46 Å². The summed E-state index contributed by atoms with van der Waals surface area (Å²) in [7, 11) is 1.67. The van der Waals surface area contributed by atoms with Gasteiger partial charge in [-0.25, -0.2) is 0 Å². The van der Waals surface area contributed by atoms with E-state index in [0.717, 1.165) is 5.75 Å². The Morgan fingerprint density at radius 3 is 2.08 bits per heavy atom. The van der Waals surface area contributed by atoms with Gasteiger partial charge in [-0.05, 0) is 0 Å². The zero-order chi connectivity index (χ0) is 9.90. The van der Waals surface area contributed by atoms with Gasteiger partial charge in [-0.2, -0.15) is 0 Å². The number of halogens is 3. The summed E-state index contributed by atoms with van der Waals surface area (Å²) in [5.41, 5.74) is 0. The van der Waals surface area contributed by atoms with Gasteiger partial charge in [0.2, 0.25) is 0 Å². The summed E-state index contributed by atoms with van der Waals surface area (Å²) in [5, 5.41) is 0. The van der Waals surface area contributed by atoms with Gasteiger partial charge >= 0.3 is 110 Å². The first-order valence-corrected chi connectivity index (χ1v) is 7.50. The van der Waals surface area contributed by atoms with Gasteiger partial charge in [0.05, 0.1) is 0 Å². The fourth-order valence-electron chi connectivity index (χ4n) is 0.777. The first-order chi connectivity index (χ1) is 6.01. The van der Waals surface area contributed by atoms with Crippen LogP contribution >= 0.6 is 47.8 Å². The quantitative estimate of drug-likeness (QED) is 0.392. The average Bonchev–Trinajstić information content (AvgIpc) is 2.03. The Morgan fingerprint density at radius 1 is 1.15 bits per heavy atom. The van der Waals surface area contributed by atoms with Crippen LogP contribution in [-0.4, -0.2) is 23.1 Å². The molecule has 0 unspecified atom stereocenters. The van der Waals surface area contributed by atoms with Crippen molar-refractivity contribution >= 4 is 67.2 Å². The number of methoxy groups -OCH3 is 1. The van der Waals surface area contributed by atoms with Crippen LogP contribution in [0.2, 0.25) is 0 Å². The van der Waals surface area contributed by atoms with Crippen molar-refractivity contribution in [2.24, 2.45) is 0 Å². The van der Waals surface area contributed by atoms with Gasteiger partial charge < -0.3 is 0 Å². The second kappa shape index (κ2) is 5.17. The topological polar surface area (TPSA) is 9.23 Å². The molecule has 0 bridgehead atoms. The molecule has 0 fully saturated rings. The van der Waals surface area contributed by atoms with Gasteiger partial charge in [-0.15, -0.1) is 0 Å². The molecule has 0 amide bonds. The zero-order valence-corrected chi connectivity index (χ0v) is 13.2. The molecule has 0 saturated carbocycles. The van der Waals surface area contributed by atoms with Crippen LogP contribution in [-0.2, 0) is 0 Å². The molecule has 0 radical (unpaired) electrons. The molecule has 0 saturated heterocycles. The van der Waals surface area contributed by atoms with Crippen LogP contribution in [0, 0.1) is 0 Å². The number of ether oxygens (including phenoxy) is 1. The third kappa shape index (κ3) is 4.84. The van der Waals surface area contributed by atoms with Gasteiger partial charge in [-0.3, -0.25) is 0 Å². The second-order valence-electron chi connectivity index (χ2n) is 2.22. The van der Waals surface area contributed by atoms with Gasteiger partial charge in [0.15, 0.2) is 0 Å². The van der Waals surface area contributed by atoms with Crippen LogP contribution in [0.5, 0.6) is 5.75 Å². The van der Waals surface area contributed by atoms with Crippen molar-refractivity contribution in [3.05, 3.63) is 24.3 Å². The van der Waals surface area contributed by atoms with E-state index in [9.17, 15) is 0 Å². The van der Waals surface area contributed by atoms with Crippen molar-refractivity contribution in [2.75, 3.05) is 7.11 Å². The van der Waals surface area contributed by atoms with Crippen molar-refractivity contribution in [1.29, 1.82) is 0 Å². The molecule has 0 aliphatic carbocycles. The van der Waals surface area contributed by atoms with Crippen LogP contribution in [0.1, 0.15) is 0 Å². The minimum absolute atomic E-state index is 0.144. The molecule has 1 nitrogen and oxygen atoms in total. The predicted octanol–water partition coefficient (Wildman–Crippen LogP) is 2.82. The summed E-state index contributed by atoms with van der Waals surface area (Å²) < 4.78 is 6.22. The summed E-state index contributed by atoms with van der Waals surface area (Å²) >= 11 is 10.7. The van der Waals surface area contributed by atoms with E-state index in [1.54, 1.807) is 7.11 Å². The minimum atomic E-state index is -0.144. The van der Waals surface area contributed by atoms with Crippen molar-refractivity contribution in [3.8, 4) is 5.75 Å². The molecular formula is C8H7Br3OSe. The molecule has 72 valence electrons. The van der Waals surface area contributed by atoms with E-state index >= 15 is 0 Å². The molecule has 0 heterocycles. The second-order valence-corrected chi connectivity index (χ2v) is 15.2. The molecule has 0 aliphatic heterocycles. The van der Waals surface area contributed by atoms with Crippen molar-refractivity contribution in [3.63, 3.8) is 0 Å². The first kappa shape index (κ1) is 12.1. The van der Waals surface area contributed by atoms with E-state index in [-0.39, 0.29) is 1.04 Å². The van der Waals surface area contributed by atoms with Gasteiger partial charge in [0.1, 0.15) is 0 Å². The zero-order valence-electron chi connectivity index (χ0n) is 6.76. The molecule has 0 aliphatic rings. The average molecular weight is 439 g/mol. The van der Waals surface area contributed by atoms with E-state index in [1.807, 2.05) is 12.1 Å². The van der Waals surface area contributed by atoms with Crippen molar-refractivity contribution in [2.45, 2.75) is 1.04 Å². The fraction of sp³-hybridized carbons (Fsp3) is 0.250. The Labute approximate surface area is 109 Å². The molecule has 1 rings (SSSR count). The number of hydrogen-bond acceptors (Lipinski definition) is 1. The summed E-state index contributed by atoms with van der Waals surface area (Å²) in [6.45, 7) is 0. The monoisotopic (exact) mass is 437 g/mol. The van der Waals surface area contributed by atoms with Crippen molar-refractivity contribution in [1.82, 2.24) is 0 Å². The van der Waals surface area contributed by atoms with E-state index < -0.39 is 0 Å². The maximum absolute atomic E-state index is 5.07. The fourth-order valence-corrected chi connectivity index (χ4v) is 4.82. The first-order valence-electron chi connectivity index (χ1n) is 3.41. The SMILES string of the molecule is COc1ccc([Se][13C](Br)(Br)Br)cc1.